The molecule has 0 unspecified atom stereocenters. The van der Waals surface area contributed by atoms with Crippen LogP contribution in [0.5, 0.6) is 0 Å². The summed E-state index contributed by atoms with van der Waals surface area (Å²) in [5.41, 5.74) is 11.9. The molecule has 58 heavy (non-hydrogen) atoms. The Bertz CT molecular complexity index is 1780. The Morgan fingerprint density at radius 2 is 1.57 bits per heavy atom. The van der Waals surface area contributed by atoms with Crippen molar-refractivity contribution >= 4 is 40.7 Å². The van der Waals surface area contributed by atoms with Crippen LogP contribution in [0.25, 0.3) is 10.4 Å². The molecule has 3 atom stereocenters. The second-order valence-electron chi connectivity index (χ2n) is 16.9. The molecular formula is C45H66N8O4S. The van der Waals surface area contributed by atoms with Crippen molar-refractivity contribution in [1.82, 2.24) is 36.3 Å². The van der Waals surface area contributed by atoms with Gasteiger partial charge in [0.2, 0.25) is 17.7 Å². The van der Waals surface area contributed by atoms with E-state index in [1.54, 1.807) is 16.2 Å². The first-order valence-electron chi connectivity index (χ1n) is 21.4. The first-order chi connectivity index (χ1) is 27.8. The number of likely N-dealkylation sites (tertiary alicyclic amines) is 1. The molecule has 4 amide bonds. The number of aryl methyl sites for hydroxylation is 1. The molecule has 0 aliphatic carbocycles. The molecule has 4 N–H and O–H groups in total. The summed E-state index contributed by atoms with van der Waals surface area (Å²) in [5.74, 6) is -0.573. The van der Waals surface area contributed by atoms with Gasteiger partial charge in [0, 0.05) is 56.9 Å². The first kappa shape index (κ1) is 44.8. The summed E-state index contributed by atoms with van der Waals surface area (Å²) in [4.78, 5) is 65.1. The standard InChI is InChI=1S/C45H66N8O4S/c1-7-24-47-50-42(55)36-20-22-37(23-21-36)52-29-27-51(28-30-52)25-12-10-8-9-11-15-39(54)49-41(45(4,5)6)44(57)53-26-13-14-38(53)43(56)48-32(2)34-16-18-35(19-17-34)40-33(3)46-31-58-40/h16-23,31-32,38,41,47H,7-15,24-30H2,1-6H3,(H,48,56)(H,49,54)(H,50,55)/t32-,38-,41+/m0/s1. The summed E-state index contributed by atoms with van der Waals surface area (Å²) in [7, 11) is 0. The van der Waals surface area contributed by atoms with Crippen LogP contribution in [-0.2, 0) is 14.4 Å². The molecule has 2 aliphatic heterocycles. The number of rotatable bonds is 19. The number of hydrogen-bond donors (Lipinski definition) is 4. The fourth-order valence-electron chi connectivity index (χ4n) is 7.79. The van der Waals surface area contributed by atoms with Crippen LogP contribution in [0.15, 0.2) is 54.0 Å². The number of hydrogen-bond acceptors (Lipinski definition) is 9. The third-order valence-corrected chi connectivity index (χ3v) is 12.3. The van der Waals surface area contributed by atoms with E-state index in [2.05, 4.69) is 55.3 Å². The predicted octanol–water partition coefficient (Wildman–Crippen LogP) is 6.62. The number of thiazole rings is 1. The van der Waals surface area contributed by atoms with E-state index >= 15 is 0 Å². The smallest absolute Gasteiger partial charge is 0.265 e. The molecule has 2 aliphatic rings. The van der Waals surface area contributed by atoms with E-state index in [1.165, 1.54) is 0 Å². The first-order valence-corrected chi connectivity index (χ1v) is 22.2. The van der Waals surface area contributed by atoms with Crippen molar-refractivity contribution < 1.29 is 19.2 Å². The Kier molecular flexibility index (Phi) is 16.7. The molecule has 0 saturated carbocycles. The molecular weight excluding hydrogens is 749 g/mol. The van der Waals surface area contributed by atoms with E-state index in [4.69, 9.17) is 0 Å². The van der Waals surface area contributed by atoms with Crippen molar-refractivity contribution in [2.24, 2.45) is 5.41 Å². The molecule has 0 radical (unpaired) electrons. The minimum absolute atomic E-state index is 0.112. The number of nitrogens with one attached hydrogen (secondary N) is 4. The van der Waals surface area contributed by atoms with Gasteiger partial charge in [0.15, 0.2) is 0 Å². The Morgan fingerprint density at radius 1 is 0.879 bits per heavy atom. The van der Waals surface area contributed by atoms with Crippen molar-refractivity contribution in [2.75, 3.05) is 50.7 Å². The zero-order chi connectivity index (χ0) is 41.7. The van der Waals surface area contributed by atoms with Crippen molar-refractivity contribution in [2.45, 2.75) is 117 Å². The summed E-state index contributed by atoms with van der Waals surface area (Å²) >= 11 is 1.61. The number of carbonyl (C=O) groups is 4. The van der Waals surface area contributed by atoms with Crippen LogP contribution in [-0.4, -0.2) is 96.3 Å². The highest BCUT2D eigenvalue weighted by Gasteiger charge is 2.42. The second-order valence-corrected chi connectivity index (χ2v) is 17.8. The molecule has 0 bridgehead atoms. The molecule has 2 aromatic carbocycles. The average Bonchev–Trinajstić information content (AvgIpc) is 3.89. The highest BCUT2D eigenvalue weighted by Crippen LogP contribution is 2.30. The Hall–Kier alpha value is -4.33. The lowest BCUT2D eigenvalue weighted by Gasteiger charge is -2.36. The van der Waals surface area contributed by atoms with Crippen LogP contribution < -0.4 is 26.4 Å². The fourth-order valence-corrected chi connectivity index (χ4v) is 8.60. The number of anilines is 1. The molecule has 0 spiro atoms. The van der Waals surface area contributed by atoms with Crippen molar-refractivity contribution in [1.29, 1.82) is 0 Å². The Balaban J connectivity index is 0.980. The minimum Gasteiger partial charge on any atom is -0.369 e. The van der Waals surface area contributed by atoms with Gasteiger partial charge in [-0.1, -0.05) is 71.2 Å². The fraction of sp³-hybridized carbons (Fsp3) is 0.578. The molecule has 13 heteroatoms. The maximum atomic E-state index is 14.0. The summed E-state index contributed by atoms with van der Waals surface area (Å²) in [5, 5.41) is 6.21. The van der Waals surface area contributed by atoms with Crippen LogP contribution in [0.3, 0.4) is 0 Å². The normalized spacial score (nSPS) is 17.2. The number of unbranched alkanes of at least 4 members (excludes halogenated alkanes) is 4. The third kappa shape index (κ3) is 12.6. The zero-order valence-corrected chi connectivity index (χ0v) is 36.4. The molecule has 2 saturated heterocycles. The molecule has 1 aromatic heterocycles. The van der Waals surface area contributed by atoms with E-state index in [1.807, 2.05) is 76.5 Å². The summed E-state index contributed by atoms with van der Waals surface area (Å²) in [6, 6.07) is 14.5. The third-order valence-electron chi connectivity index (χ3n) is 11.4. The van der Waals surface area contributed by atoms with Gasteiger partial charge in [0.1, 0.15) is 12.1 Å². The van der Waals surface area contributed by atoms with Crippen LogP contribution in [0, 0.1) is 12.3 Å². The van der Waals surface area contributed by atoms with Crippen LogP contribution in [0.2, 0.25) is 0 Å². The number of nitrogens with zero attached hydrogens (tertiary/aromatic N) is 4. The van der Waals surface area contributed by atoms with Gasteiger partial charge in [-0.15, -0.1) is 11.3 Å². The SMILES string of the molecule is CCCNNC(=O)c1ccc(N2CCN(CCCCCCCC(=O)N[C@H](C(=O)N3CCC[C@H]3C(=O)N[C@@H](C)c3ccc(-c4scnc4C)cc3)C(C)(C)C)CC2)cc1. The highest BCUT2D eigenvalue weighted by molar-refractivity contribution is 7.13. The van der Waals surface area contributed by atoms with E-state index in [9.17, 15) is 19.2 Å². The van der Waals surface area contributed by atoms with E-state index < -0.39 is 17.5 Å². The number of carbonyl (C=O) groups excluding carboxylic acids is 4. The largest absolute Gasteiger partial charge is 0.369 e. The van der Waals surface area contributed by atoms with Gasteiger partial charge in [-0.25, -0.2) is 10.4 Å². The van der Waals surface area contributed by atoms with Crippen LogP contribution in [0.1, 0.15) is 120 Å². The van der Waals surface area contributed by atoms with Gasteiger partial charge < -0.3 is 20.4 Å². The maximum Gasteiger partial charge on any atom is 0.265 e. The molecule has 12 nitrogen and oxygen atoms in total. The quantitative estimate of drug-likeness (QED) is 0.0783. The second kappa shape index (κ2) is 21.6. The molecule has 2 fully saturated rings. The number of amides is 4. The van der Waals surface area contributed by atoms with Crippen molar-refractivity contribution in [3.05, 3.63) is 70.9 Å². The predicted molar refractivity (Wildman–Crippen MR) is 234 cm³/mol. The van der Waals surface area contributed by atoms with Crippen LogP contribution >= 0.6 is 11.3 Å². The lowest BCUT2D eigenvalue weighted by molar-refractivity contribution is -0.144. The van der Waals surface area contributed by atoms with Gasteiger partial charge in [0.05, 0.1) is 22.1 Å². The van der Waals surface area contributed by atoms with Gasteiger partial charge in [-0.2, -0.15) is 0 Å². The molecule has 316 valence electrons. The van der Waals surface area contributed by atoms with E-state index in [-0.39, 0.29) is 29.7 Å². The molecule has 3 aromatic rings. The summed E-state index contributed by atoms with van der Waals surface area (Å²) < 4.78 is 0. The van der Waals surface area contributed by atoms with E-state index in [0.29, 0.717) is 24.9 Å². The van der Waals surface area contributed by atoms with Crippen molar-refractivity contribution in [3.63, 3.8) is 0 Å². The number of hydrazine groups is 1. The minimum atomic E-state index is -0.715. The number of aromatic nitrogens is 1. The van der Waals surface area contributed by atoms with E-state index in [0.717, 1.165) is 112 Å². The van der Waals surface area contributed by atoms with Gasteiger partial charge in [-0.05, 0) is 93.3 Å². The zero-order valence-electron chi connectivity index (χ0n) is 35.6. The van der Waals surface area contributed by atoms with Gasteiger partial charge >= 0.3 is 0 Å². The lowest BCUT2D eigenvalue weighted by Crippen LogP contribution is -2.57. The van der Waals surface area contributed by atoms with Crippen LogP contribution in [0.4, 0.5) is 5.69 Å². The lowest BCUT2D eigenvalue weighted by atomic mass is 9.85. The van der Waals surface area contributed by atoms with Gasteiger partial charge in [0.25, 0.3) is 5.91 Å². The highest BCUT2D eigenvalue weighted by atomic mass is 32.1. The number of benzene rings is 2. The average molecular weight is 815 g/mol. The maximum absolute atomic E-state index is 14.0. The van der Waals surface area contributed by atoms with Crippen molar-refractivity contribution in [3.8, 4) is 10.4 Å². The monoisotopic (exact) mass is 814 g/mol. The molecule has 5 rings (SSSR count). The summed E-state index contributed by atoms with van der Waals surface area (Å²) in [6.07, 6.45) is 7.75. The topological polar surface area (TPSA) is 139 Å². The Labute approximate surface area is 349 Å². The summed E-state index contributed by atoms with van der Waals surface area (Å²) in [6.45, 7) is 18.2. The molecule has 3 heterocycles. The van der Waals surface area contributed by atoms with Gasteiger partial charge in [-0.3, -0.25) is 29.5 Å². The Morgan fingerprint density at radius 3 is 2.22 bits per heavy atom. The number of piperazine rings is 1.